The normalized spacial score (nSPS) is 11.9. The van der Waals surface area contributed by atoms with E-state index in [1.807, 2.05) is 29.8 Å². The Morgan fingerprint density at radius 1 is 1.14 bits per heavy atom. The molecular formula is C21H22N4O4. The van der Waals surface area contributed by atoms with Crippen LogP contribution in [0.5, 0.6) is 0 Å². The van der Waals surface area contributed by atoms with Crippen molar-refractivity contribution in [3.63, 3.8) is 0 Å². The highest BCUT2D eigenvalue weighted by Gasteiger charge is 2.32. The maximum absolute atomic E-state index is 12.8. The molecule has 3 rings (SSSR count). The Hall–Kier alpha value is -3.52. The van der Waals surface area contributed by atoms with Crippen LogP contribution in [0.2, 0.25) is 0 Å². The number of nitrogens with one attached hydrogen (secondary N) is 1. The summed E-state index contributed by atoms with van der Waals surface area (Å²) >= 11 is 0. The molecule has 0 bridgehead atoms. The predicted molar refractivity (Wildman–Crippen MR) is 108 cm³/mol. The number of aromatic nitrogens is 2. The van der Waals surface area contributed by atoms with Gasteiger partial charge in [0.1, 0.15) is 6.61 Å². The van der Waals surface area contributed by atoms with Gasteiger partial charge in [-0.05, 0) is 35.4 Å². The van der Waals surface area contributed by atoms with Crippen LogP contribution in [-0.4, -0.2) is 63.9 Å². The van der Waals surface area contributed by atoms with Gasteiger partial charge in [0.2, 0.25) is 5.91 Å². The second-order valence-electron chi connectivity index (χ2n) is 6.69. The van der Waals surface area contributed by atoms with E-state index in [4.69, 9.17) is 5.11 Å². The summed E-state index contributed by atoms with van der Waals surface area (Å²) in [7, 11) is 4.65. The number of amides is 2. The number of aliphatic hydroxyl groups is 1. The number of hydrogen-bond acceptors (Lipinski definition) is 5. The minimum atomic E-state index is -1.38. The van der Waals surface area contributed by atoms with E-state index in [2.05, 4.69) is 10.3 Å². The third-order valence-electron chi connectivity index (χ3n) is 4.85. The second-order valence-corrected chi connectivity index (χ2v) is 6.69. The SMILES string of the molecule is CNC(=O)C(C(=O)CO)N(C)C(=O)c1ccc(-c2ccc3ncn(C)c3c2)cc1. The highest BCUT2D eigenvalue weighted by molar-refractivity contribution is 6.10. The van der Waals surface area contributed by atoms with Crippen LogP contribution < -0.4 is 5.32 Å². The smallest absolute Gasteiger partial charge is 0.254 e. The molecule has 0 spiro atoms. The molecule has 2 N–H and O–H groups in total. The third-order valence-corrected chi connectivity index (χ3v) is 4.85. The van der Waals surface area contributed by atoms with Gasteiger partial charge in [0.05, 0.1) is 17.4 Å². The molecule has 0 fully saturated rings. The van der Waals surface area contributed by atoms with Crippen LogP contribution in [0.15, 0.2) is 48.8 Å². The second kappa shape index (κ2) is 8.24. The lowest BCUT2D eigenvalue weighted by Crippen LogP contribution is -2.52. The predicted octanol–water partition coefficient (Wildman–Crippen LogP) is 0.988. The van der Waals surface area contributed by atoms with E-state index < -0.39 is 30.2 Å². The molecule has 0 saturated heterocycles. The van der Waals surface area contributed by atoms with Crippen molar-refractivity contribution >= 4 is 28.6 Å². The van der Waals surface area contributed by atoms with Crippen LogP contribution in [-0.2, 0) is 16.6 Å². The van der Waals surface area contributed by atoms with Crippen LogP contribution in [0.1, 0.15) is 10.4 Å². The first kappa shape index (κ1) is 20.2. The minimum Gasteiger partial charge on any atom is -0.388 e. The zero-order chi connectivity index (χ0) is 21.1. The number of rotatable bonds is 6. The Morgan fingerprint density at radius 2 is 1.79 bits per heavy atom. The van der Waals surface area contributed by atoms with Crippen molar-refractivity contribution in [2.45, 2.75) is 6.04 Å². The molecule has 8 heteroatoms. The van der Waals surface area contributed by atoms with Crippen LogP contribution in [0.25, 0.3) is 22.2 Å². The molecule has 2 amide bonds. The van der Waals surface area contributed by atoms with Crippen LogP contribution in [0, 0.1) is 0 Å². The number of ketones is 1. The number of fused-ring (bicyclic) bond motifs is 1. The fourth-order valence-corrected chi connectivity index (χ4v) is 3.19. The van der Waals surface area contributed by atoms with E-state index in [9.17, 15) is 14.4 Å². The van der Waals surface area contributed by atoms with E-state index >= 15 is 0 Å². The van der Waals surface area contributed by atoms with Crippen LogP contribution in [0.3, 0.4) is 0 Å². The van der Waals surface area contributed by atoms with Gasteiger partial charge in [-0.3, -0.25) is 14.4 Å². The summed E-state index contributed by atoms with van der Waals surface area (Å²) < 4.78 is 1.93. The Balaban J connectivity index is 1.86. The zero-order valence-corrected chi connectivity index (χ0v) is 16.4. The van der Waals surface area contributed by atoms with Crippen LogP contribution in [0.4, 0.5) is 0 Å². The largest absolute Gasteiger partial charge is 0.388 e. The first-order chi connectivity index (χ1) is 13.9. The number of imidazole rings is 1. The molecule has 0 radical (unpaired) electrons. The first-order valence-electron chi connectivity index (χ1n) is 9.01. The summed E-state index contributed by atoms with van der Waals surface area (Å²) in [6.07, 6.45) is 1.75. The molecule has 8 nitrogen and oxygen atoms in total. The lowest BCUT2D eigenvalue weighted by molar-refractivity contribution is -0.135. The standard InChI is InChI=1S/C21H22N4O4/c1-22-20(28)19(18(27)11-26)25(3)21(29)14-6-4-13(5-7-14)15-8-9-16-17(10-15)24(2)12-23-16/h4-10,12,19,26H,11H2,1-3H3,(H,22,28). The molecule has 150 valence electrons. The number of hydrogen-bond donors (Lipinski definition) is 2. The van der Waals surface area contributed by atoms with Gasteiger partial charge in [-0.2, -0.15) is 0 Å². The van der Waals surface area contributed by atoms with Gasteiger partial charge in [-0.15, -0.1) is 0 Å². The number of aryl methyl sites for hydroxylation is 1. The molecule has 1 heterocycles. The topological polar surface area (TPSA) is 105 Å². The van der Waals surface area contributed by atoms with Gasteiger partial charge >= 0.3 is 0 Å². The summed E-state index contributed by atoms with van der Waals surface area (Å²) in [5, 5.41) is 11.5. The number of carbonyl (C=O) groups excluding carboxylic acids is 3. The van der Waals surface area contributed by atoms with Crippen molar-refractivity contribution in [3.05, 3.63) is 54.4 Å². The molecule has 1 aromatic heterocycles. The van der Waals surface area contributed by atoms with Crippen molar-refractivity contribution < 1.29 is 19.5 Å². The van der Waals surface area contributed by atoms with Crippen molar-refractivity contribution in [3.8, 4) is 11.1 Å². The van der Waals surface area contributed by atoms with Crippen molar-refractivity contribution in [2.24, 2.45) is 7.05 Å². The fraction of sp³-hybridized carbons (Fsp3) is 0.238. The monoisotopic (exact) mass is 394 g/mol. The molecule has 0 aliphatic carbocycles. The molecule has 0 aliphatic heterocycles. The van der Waals surface area contributed by atoms with Gasteiger partial charge < -0.3 is 19.9 Å². The van der Waals surface area contributed by atoms with Gasteiger partial charge in [0.25, 0.3) is 5.91 Å². The van der Waals surface area contributed by atoms with E-state index in [0.29, 0.717) is 5.56 Å². The number of nitrogens with zero attached hydrogens (tertiary/aromatic N) is 3. The lowest BCUT2D eigenvalue weighted by Gasteiger charge is -2.25. The lowest BCUT2D eigenvalue weighted by atomic mass is 10.0. The molecule has 3 aromatic rings. The minimum absolute atomic E-state index is 0.331. The molecule has 0 aliphatic rings. The molecule has 2 aromatic carbocycles. The highest BCUT2D eigenvalue weighted by Crippen LogP contribution is 2.24. The maximum Gasteiger partial charge on any atom is 0.254 e. The summed E-state index contributed by atoms with van der Waals surface area (Å²) in [4.78, 5) is 42.0. The first-order valence-corrected chi connectivity index (χ1v) is 9.01. The van der Waals surface area contributed by atoms with Gasteiger partial charge in [0, 0.05) is 26.7 Å². The molecular weight excluding hydrogens is 372 g/mol. The van der Waals surface area contributed by atoms with Crippen LogP contribution >= 0.6 is 0 Å². The van der Waals surface area contributed by atoms with Gasteiger partial charge in [0.15, 0.2) is 11.8 Å². The van der Waals surface area contributed by atoms with Crippen molar-refractivity contribution in [1.29, 1.82) is 0 Å². The van der Waals surface area contributed by atoms with Crippen molar-refractivity contribution in [1.82, 2.24) is 19.8 Å². The average Bonchev–Trinajstić information content (AvgIpc) is 3.13. The molecule has 0 saturated carbocycles. The summed E-state index contributed by atoms with van der Waals surface area (Å²) in [5.74, 6) is -1.89. The van der Waals surface area contributed by atoms with Gasteiger partial charge in [-0.1, -0.05) is 18.2 Å². The fourth-order valence-electron chi connectivity index (χ4n) is 3.19. The Morgan fingerprint density at radius 3 is 2.41 bits per heavy atom. The Bertz CT molecular complexity index is 1060. The molecule has 1 atom stereocenters. The summed E-state index contributed by atoms with van der Waals surface area (Å²) in [6.45, 7) is -0.828. The van der Waals surface area contributed by atoms with E-state index in [0.717, 1.165) is 27.1 Å². The Kier molecular flexibility index (Phi) is 5.74. The summed E-state index contributed by atoms with van der Waals surface area (Å²) in [5.41, 5.74) is 4.13. The average molecular weight is 394 g/mol. The Labute approximate surface area is 167 Å². The molecule has 1 unspecified atom stereocenters. The highest BCUT2D eigenvalue weighted by atomic mass is 16.3. The number of aliphatic hydroxyl groups excluding tert-OH is 1. The maximum atomic E-state index is 12.8. The zero-order valence-electron chi connectivity index (χ0n) is 16.4. The van der Waals surface area contributed by atoms with E-state index in [-0.39, 0.29) is 0 Å². The van der Waals surface area contributed by atoms with E-state index in [1.54, 1.807) is 30.6 Å². The molecule has 29 heavy (non-hydrogen) atoms. The quantitative estimate of drug-likeness (QED) is 0.607. The van der Waals surface area contributed by atoms with Crippen molar-refractivity contribution in [2.75, 3.05) is 20.7 Å². The third kappa shape index (κ3) is 3.88. The number of likely N-dealkylation sites (N-methyl/N-ethyl adjacent to an activating group) is 2. The van der Waals surface area contributed by atoms with Gasteiger partial charge in [-0.25, -0.2) is 4.98 Å². The summed E-state index contributed by atoms with van der Waals surface area (Å²) in [6, 6.07) is 11.4. The van der Waals surface area contributed by atoms with E-state index in [1.165, 1.54) is 14.1 Å². The number of Topliss-reactive ketones (excluding diaryl/α,β-unsaturated/α-hetero) is 1. The number of benzene rings is 2. The number of carbonyl (C=O) groups is 3.